The van der Waals surface area contributed by atoms with Crippen molar-refractivity contribution >= 4 is 11.1 Å². The van der Waals surface area contributed by atoms with Crippen LogP contribution in [0.4, 0.5) is 0 Å². The summed E-state index contributed by atoms with van der Waals surface area (Å²) >= 11 is 0. The number of aliphatic hydroxyl groups is 1. The number of benzene rings is 1. The molecule has 0 bridgehead atoms. The van der Waals surface area contributed by atoms with Crippen LogP contribution in [-0.4, -0.2) is 9.67 Å². The number of aromatic nitrogens is 1. The minimum absolute atomic E-state index is 0.378. The molecule has 0 radical (unpaired) electrons. The highest BCUT2D eigenvalue weighted by molar-refractivity contribution is 5.74. The normalized spacial score (nSPS) is 12.9. The summed E-state index contributed by atoms with van der Waals surface area (Å²) in [6.45, 7) is 4.41. The average Bonchev–Trinajstić information content (AvgIpc) is 3.08. The van der Waals surface area contributed by atoms with Crippen LogP contribution >= 0.6 is 0 Å². The molecule has 0 fully saturated rings. The number of rotatable bonds is 4. The van der Waals surface area contributed by atoms with E-state index in [1.807, 2.05) is 13.8 Å². The zero-order valence-corrected chi connectivity index (χ0v) is 12.0. The summed E-state index contributed by atoms with van der Waals surface area (Å²) in [6, 6.07) is 7.08. The Balaban J connectivity index is 2.07. The van der Waals surface area contributed by atoms with Crippen LogP contribution in [0.1, 0.15) is 36.8 Å². The first-order valence-corrected chi connectivity index (χ1v) is 7.03. The molecule has 0 aliphatic rings. The van der Waals surface area contributed by atoms with E-state index in [0.717, 1.165) is 16.8 Å². The Bertz CT molecular complexity index is 824. The van der Waals surface area contributed by atoms with E-state index in [9.17, 15) is 9.90 Å². The maximum atomic E-state index is 11.7. The quantitative estimate of drug-likeness (QED) is 0.801. The molecular weight excluding hydrogens is 270 g/mol. The molecule has 0 spiro atoms. The van der Waals surface area contributed by atoms with Crippen molar-refractivity contribution in [2.45, 2.75) is 32.9 Å². The van der Waals surface area contributed by atoms with Gasteiger partial charge in [-0.05, 0) is 30.7 Å². The molecule has 2 heterocycles. The summed E-state index contributed by atoms with van der Waals surface area (Å²) in [4.78, 5) is 11.7. The van der Waals surface area contributed by atoms with Crippen LogP contribution in [0.5, 0.6) is 0 Å². The molecule has 3 rings (SSSR count). The minimum atomic E-state index is -0.793. The van der Waals surface area contributed by atoms with E-state index < -0.39 is 6.10 Å². The zero-order chi connectivity index (χ0) is 15.0. The lowest BCUT2D eigenvalue weighted by molar-refractivity contribution is 0.217. The average molecular weight is 287 g/mol. The Morgan fingerprint density at radius 1 is 1.29 bits per heavy atom. The van der Waals surface area contributed by atoms with Crippen LogP contribution in [0, 0.1) is 0 Å². The van der Waals surface area contributed by atoms with Gasteiger partial charge in [0.1, 0.15) is 11.9 Å². The number of fused-ring (bicyclic) bond motifs is 1. The second-order valence-corrected chi connectivity index (χ2v) is 4.89. The van der Waals surface area contributed by atoms with Crippen molar-refractivity contribution in [3.63, 3.8) is 0 Å². The Labute approximate surface area is 121 Å². The van der Waals surface area contributed by atoms with Crippen LogP contribution in [0.15, 0.2) is 44.2 Å². The molecule has 0 saturated carbocycles. The van der Waals surface area contributed by atoms with E-state index in [0.29, 0.717) is 24.1 Å². The summed E-state index contributed by atoms with van der Waals surface area (Å²) in [7, 11) is 0. The van der Waals surface area contributed by atoms with Gasteiger partial charge in [0.2, 0.25) is 0 Å². The number of hydrogen-bond donors (Lipinski definition) is 1. The van der Waals surface area contributed by atoms with E-state index in [1.165, 1.54) is 0 Å². The zero-order valence-electron chi connectivity index (χ0n) is 12.0. The van der Waals surface area contributed by atoms with Gasteiger partial charge in [-0.1, -0.05) is 13.0 Å². The summed E-state index contributed by atoms with van der Waals surface area (Å²) < 4.78 is 12.1. The molecule has 5 heteroatoms. The van der Waals surface area contributed by atoms with Crippen molar-refractivity contribution in [2.24, 2.45) is 0 Å². The fourth-order valence-corrected chi connectivity index (χ4v) is 2.61. The largest absolute Gasteiger partial charge is 0.469 e. The highest BCUT2D eigenvalue weighted by atomic mass is 16.4. The molecule has 1 N–H and O–H groups in total. The van der Waals surface area contributed by atoms with Crippen LogP contribution < -0.4 is 5.76 Å². The van der Waals surface area contributed by atoms with Gasteiger partial charge in [0.25, 0.3) is 0 Å². The number of aryl methyl sites for hydroxylation is 2. The summed E-state index contributed by atoms with van der Waals surface area (Å²) in [6.07, 6.45) is 1.49. The number of aliphatic hydroxyl groups excluding tert-OH is 1. The van der Waals surface area contributed by atoms with Gasteiger partial charge in [0.05, 0.1) is 11.8 Å². The molecule has 1 aromatic carbocycles. The lowest BCUT2D eigenvalue weighted by Gasteiger charge is -2.10. The Hall–Kier alpha value is -2.27. The first-order valence-electron chi connectivity index (χ1n) is 7.03. The van der Waals surface area contributed by atoms with Gasteiger partial charge >= 0.3 is 5.76 Å². The minimum Gasteiger partial charge on any atom is -0.469 e. The fraction of sp³-hybridized carbons (Fsp3) is 0.312. The third-order valence-electron chi connectivity index (χ3n) is 3.72. The Morgan fingerprint density at radius 2 is 2.10 bits per heavy atom. The fourth-order valence-electron chi connectivity index (χ4n) is 2.61. The lowest BCUT2D eigenvalue weighted by atomic mass is 10.0. The summed E-state index contributed by atoms with van der Waals surface area (Å²) in [5.74, 6) is 0.381. The summed E-state index contributed by atoms with van der Waals surface area (Å²) in [5.41, 5.74) is 2.64. The van der Waals surface area contributed by atoms with Crippen LogP contribution in [0.25, 0.3) is 11.1 Å². The van der Waals surface area contributed by atoms with Crippen molar-refractivity contribution in [3.8, 4) is 0 Å². The topological polar surface area (TPSA) is 68.5 Å². The van der Waals surface area contributed by atoms with Crippen molar-refractivity contribution in [1.29, 1.82) is 0 Å². The third kappa shape index (κ3) is 2.19. The molecule has 1 unspecified atom stereocenters. The molecule has 3 aromatic rings. The summed E-state index contributed by atoms with van der Waals surface area (Å²) in [5, 5.41) is 10.5. The molecule has 0 aliphatic carbocycles. The molecule has 2 aromatic heterocycles. The van der Waals surface area contributed by atoms with Gasteiger partial charge in [-0.15, -0.1) is 0 Å². The van der Waals surface area contributed by atoms with E-state index >= 15 is 0 Å². The van der Waals surface area contributed by atoms with Crippen LogP contribution in [-0.2, 0) is 13.0 Å². The number of furan rings is 1. The van der Waals surface area contributed by atoms with Crippen LogP contribution in [0.2, 0.25) is 0 Å². The van der Waals surface area contributed by atoms with Gasteiger partial charge in [-0.25, -0.2) is 4.79 Å². The predicted octanol–water partition coefficient (Wildman–Crippen LogP) is 2.85. The number of hydrogen-bond acceptors (Lipinski definition) is 4. The maximum Gasteiger partial charge on any atom is 0.419 e. The molecule has 110 valence electrons. The number of nitrogens with zero attached hydrogens (tertiary/aromatic N) is 1. The molecule has 21 heavy (non-hydrogen) atoms. The highest BCUT2D eigenvalue weighted by Crippen LogP contribution is 2.28. The maximum absolute atomic E-state index is 11.7. The van der Waals surface area contributed by atoms with E-state index in [4.69, 9.17) is 8.83 Å². The van der Waals surface area contributed by atoms with Crippen LogP contribution in [0.3, 0.4) is 0 Å². The second kappa shape index (κ2) is 5.26. The second-order valence-electron chi connectivity index (χ2n) is 4.89. The standard InChI is InChI=1S/C16H17NO4/c1-3-13-11(7-8-20-13)15(18)10-5-6-12-14(9-10)21-16(19)17(12)4-2/h5-9,15,18H,3-4H2,1-2H3. The van der Waals surface area contributed by atoms with Crippen molar-refractivity contribution in [2.75, 3.05) is 0 Å². The Morgan fingerprint density at radius 3 is 2.81 bits per heavy atom. The highest BCUT2D eigenvalue weighted by Gasteiger charge is 2.18. The molecule has 5 nitrogen and oxygen atoms in total. The smallest absolute Gasteiger partial charge is 0.419 e. The van der Waals surface area contributed by atoms with Gasteiger partial charge in [0.15, 0.2) is 5.58 Å². The first-order chi connectivity index (χ1) is 10.2. The van der Waals surface area contributed by atoms with E-state index in [1.54, 1.807) is 35.1 Å². The van der Waals surface area contributed by atoms with Gasteiger partial charge in [-0.2, -0.15) is 0 Å². The monoisotopic (exact) mass is 287 g/mol. The molecular formula is C16H17NO4. The number of oxazole rings is 1. The SMILES string of the molecule is CCc1occc1C(O)c1ccc2c(c1)oc(=O)n2CC. The van der Waals surface area contributed by atoms with Crippen molar-refractivity contribution in [3.05, 3.63) is 58.0 Å². The predicted molar refractivity (Wildman–Crippen MR) is 78.3 cm³/mol. The van der Waals surface area contributed by atoms with Crippen molar-refractivity contribution < 1.29 is 13.9 Å². The van der Waals surface area contributed by atoms with Gasteiger partial charge in [-0.3, -0.25) is 4.57 Å². The molecule has 0 saturated heterocycles. The lowest BCUT2D eigenvalue weighted by Crippen LogP contribution is -2.11. The molecule has 0 aliphatic heterocycles. The third-order valence-corrected chi connectivity index (χ3v) is 3.72. The van der Waals surface area contributed by atoms with E-state index in [-0.39, 0.29) is 5.76 Å². The molecule has 1 atom stereocenters. The first kappa shape index (κ1) is 13.7. The Kier molecular flexibility index (Phi) is 3.43. The molecule has 0 amide bonds. The van der Waals surface area contributed by atoms with Gasteiger partial charge in [0, 0.05) is 18.5 Å². The van der Waals surface area contributed by atoms with Crippen molar-refractivity contribution in [1.82, 2.24) is 4.57 Å². The van der Waals surface area contributed by atoms with Gasteiger partial charge < -0.3 is 13.9 Å². The van der Waals surface area contributed by atoms with E-state index in [2.05, 4.69) is 0 Å².